The van der Waals surface area contributed by atoms with Crippen LogP contribution in [0.5, 0.6) is 0 Å². The predicted molar refractivity (Wildman–Crippen MR) is 48.6 cm³/mol. The van der Waals surface area contributed by atoms with Gasteiger partial charge in [-0.05, 0) is 24.3 Å². The molecule has 0 atom stereocenters. The molecule has 0 saturated heterocycles. The highest BCUT2D eigenvalue weighted by Crippen LogP contribution is 2.14. The van der Waals surface area contributed by atoms with Gasteiger partial charge in [-0.25, -0.2) is 9.40 Å². The normalized spacial score (nSPS) is 9.08. The van der Waals surface area contributed by atoms with Gasteiger partial charge in [-0.15, -0.1) is 0 Å². The largest absolute Gasteiger partial charge is 0.242 e. The third kappa shape index (κ3) is 1.69. The highest BCUT2D eigenvalue weighted by molar-refractivity contribution is 5.49. The summed E-state index contributed by atoms with van der Waals surface area (Å²) < 4.78 is 12.5. The van der Waals surface area contributed by atoms with Gasteiger partial charge in [0.2, 0.25) is 0 Å². The first-order valence-corrected chi connectivity index (χ1v) is 3.42. The second-order valence-electron chi connectivity index (χ2n) is 2.14. The Bertz CT molecular complexity index is 271. The van der Waals surface area contributed by atoms with Crippen LogP contribution in [0.25, 0.3) is 0 Å². The maximum atomic E-state index is 12.5. The van der Waals surface area contributed by atoms with E-state index in [9.17, 15) is 4.39 Å². The fourth-order valence-electron chi connectivity index (χ4n) is 0.839. The van der Waals surface area contributed by atoms with Crippen molar-refractivity contribution in [3.8, 4) is 0 Å². The SMILES string of the molecule is C=CN(N=C)c1ccc(F)cc1. The van der Waals surface area contributed by atoms with E-state index in [0.717, 1.165) is 5.69 Å². The number of hydrazone groups is 1. The Morgan fingerprint density at radius 1 is 1.33 bits per heavy atom. The van der Waals surface area contributed by atoms with E-state index in [-0.39, 0.29) is 5.82 Å². The van der Waals surface area contributed by atoms with Crippen molar-refractivity contribution in [1.29, 1.82) is 0 Å². The molecule has 0 fully saturated rings. The lowest BCUT2D eigenvalue weighted by Crippen LogP contribution is -2.04. The average Bonchev–Trinajstić information content (AvgIpc) is 2.10. The van der Waals surface area contributed by atoms with E-state index in [1.807, 2.05) is 0 Å². The van der Waals surface area contributed by atoms with Crippen molar-refractivity contribution in [1.82, 2.24) is 0 Å². The van der Waals surface area contributed by atoms with Gasteiger partial charge >= 0.3 is 0 Å². The molecule has 0 amide bonds. The van der Waals surface area contributed by atoms with Crippen LogP contribution in [0.15, 0.2) is 42.1 Å². The van der Waals surface area contributed by atoms with Crippen LogP contribution < -0.4 is 5.01 Å². The van der Waals surface area contributed by atoms with E-state index in [1.54, 1.807) is 12.1 Å². The topological polar surface area (TPSA) is 15.6 Å². The molecule has 0 spiro atoms. The summed E-state index contributed by atoms with van der Waals surface area (Å²) in [5.41, 5.74) is 0.737. The molecule has 0 bridgehead atoms. The van der Waals surface area contributed by atoms with Gasteiger partial charge in [-0.3, -0.25) is 0 Å². The van der Waals surface area contributed by atoms with Crippen LogP contribution in [0.1, 0.15) is 0 Å². The molecule has 0 aromatic heterocycles. The summed E-state index contributed by atoms with van der Waals surface area (Å²) in [4.78, 5) is 0. The number of rotatable bonds is 3. The van der Waals surface area contributed by atoms with Crippen LogP contribution in [-0.2, 0) is 0 Å². The summed E-state index contributed by atoms with van der Waals surface area (Å²) in [7, 11) is 0. The zero-order valence-corrected chi connectivity index (χ0v) is 6.57. The zero-order valence-electron chi connectivity index (χ0n) is 6.57. The number of benzene rings is 1. The second-order valence-corrected chi connectivity index (χ2v) is 2.14. The Morgan fingerprint density at radius 2 is 1.92 bits per heavy atom. The van der Waals surface area contributed by atoms with Gasteiger partial charge in [0.25, 0.3) is 0 Å². The number of anilines is 1. The minimum Gasteiger partial charge on any atom is -0.242 e. The van der Waals surface area contributed by atoms with Crippen LogP contribution in [-0.4, -0.2) is 6.72 Å². The van der Waals surface area contributed by atoms with Crippen molar-refractivity contribution in [2.45, 2.75) is 0 Å². The first-order chi connectivity index (χ1) is 5.77. The molecule has 0 aliphatic carbocycles. The first kappa shape index (κ1) is 8.46. The molecule has 0 saturated carbocycles. The fourth-order valence-corrected chi connectivity index (χ4v) is 0.839. The van der Waals surface area contributed by atoms with Crippen molar-refractivity contribution in [3.05, 3.63) is 42.9 Å². The van der Waals surface area contributed by atoms with E-state index in [2.05, 4.69) is 18.4 Å². The molecular weight excluding hydrogens is 155 g/mol. The van der Waals surface area contributed by atoms with Gasteiger partial charge in [-0.1, -0.05) is 6.58 Å². The Hall–Kier alpha value is -1.64. The molecule has 12 heavy (non-hydrogen) atoms. The van der Waals surface area contributed by atoms with Gasteiger partial charge in [0.15, 0.2) is 0 Å². The summed E-state index contributed by atoms with van der Waals surface area (Å²) in [6, 6.07) is 5.92. The average molecular weight is 164 g/mol. The smallest absolute Gasteiger partial charge is 0.123 e. The third-order valence-corrected chi connectivity index (χ3v) is 1.42. The monoisotopic (exact) mass is 164 g/mol. The van der Waals surface area contributed by atoms with Gasteiger partial charge in [0.1, 0.15) is 5.82 Å². The Kier molecular flexibility index (Phi) is 2.58. The van der Waals surface area contributed by atoms with E-state index in [0.29, 0.717) is 0 Å². The van der Waals surface area contributed by atoms with Crippen LogP contribution in [0, 0.1) is 5.82 Å². The molecule has 0 radical (unpaired) electrons. The van der Waals surface area contributed by atoms with Crippen molar-refractivity contribution in [2.75, 3.05) is 5.01 Å². The highest BCUT2D eigenvalue weighted by atomic mass is 19.1. The molecule has 0 aliphatic rings. The zero-order chi connectivity index (χ0) is 8.97. The lowest BCUT2D eigenvalue weighted by Gasteiger charge is -2.11. The van der Waals surface area contributed by atoms with Crippen molar-refractivity contribution in [3.63, 3.8) is 0 Å². The van der Waals surface area contributed by atoms with Crippen molar-refractivity contribution < 1.29 is 4.39 Å². The molecule has 0 N–H and O–H groups in total. The predicted octanol–water partition coefficient (Wildman–Crippen LogP) is 2.39. The maximum Gasteiger partial charge on any atom is 0.123 e. The lowest BCUT2D eigenvalue weighted by atomic mass is 10.3. The second kappa shape index (κ2) is 3.67. The molecule has 0 unspecified atom stereocenters. The molecule has 2 nitrogen and oxygen atoms in total. The van der Waals surface area contributed by atoms with Gasteiger partial charge in [-0.2, -0.15) is 5.10 Å². The summed E-state index contributed by atoms with van der Waals surface area (Å²) in [6.07, 6.45) is 1.50. The molecule has 3 heteroatoms. The highest BCUT2D eigenvalue weighted by Gasteiger charge is 1.97. The van der Waals surface area contributed by atoms with Gasteiger partial charge < -0.3 is 0 Å². The summed E-state index contributed by atoms with van der Waals surface area (Å²) in [5, 5.41) is 5.11. The summed E-state index contributed by atoms with van der Waals surface area (Å²) in [5.74, 6) is -0.271. The molecular formula is C9H9FN2. The summed E-state index contributed by atoms with van der Waals surface area (Å²) >= 11 is 0. The van der Waals surface area contributed by atoms with Crippen LogP contribution in [0.3, 0.4) is 0 Å². The van der Waals surface area contributed by atoms with Crippen molar-refractivity contribution >= 4 is 12.4 Å². The van der Waals surface area contributed by atoms with E-state index in [4.69, 9.17) is 0 Å². The quantitative estimate of drug-likeness (QED) is 0.494. The Morgan fingerprint density at radius 3 is 2.33 bits per heavy atom. The first-order valence-electron chi connectivity index (χ1n) is 3.42. The van der Waals surface area contributed by atoms with Crippen molar-refractivity contribution in [2.24, 2.45) is 5.10 Å². The van der Waals surface area contributed by atoms with Crippen LogP contribution >= 0.6 is 0 Å². The third-order valence-electron chi connectivity index (χ3n) is 1.42. The number of hydrogen-bond acceptors (Lipinski definition) is 2. The minimum absolute atomic E-state index is 0.271. The molecule has 0 aliphatic heterocycles. The standard InChI is InChI=1S/C9H9FN2/c1-3-12(11-2)9-6-4-8(10)5-7-9/h3-7H,1-2H2. The van der Waals surface area contributed by atoms with Crippen LogP contribution in [0.4, 0.5) is 10.1 Å². The number of nitrogens with zero attached hydrogens (tertiary/aromatic N) is 2. The maximum absolute atomic E-state index is 12.5. The van der Waals surface area contributed by atoms with Gasteiger partial charge in [0.05, 0.1) is 5.69 Å². The van der Waals surface area contributed by atoms with Crippen LogP contribution in [0.2, 0.25) is 0 Å². The van der Waals surface area contributed by atoms with Gasteiger partial charge in [0, 0.05) is 12.9 Å². The minimum atomic E-state index is -0.271. The molecule has 1 rings (SSSR count). The molecule has 1 aromatic rings. The summed E-state index contributed by atoms with van der Waals surface area (Å²) in [6.45, 7) is 6.87. The molecule has 62 valence electrons. The van der Waals surface area contributed by atoms with E-state index >= 15 is 0 Å². The lowest BCUT2D eigenvalue weighted by molar-refractivity contribution is 0.628. The Balaban J connectivity index is 2.94. The Labute approximate surface area is 70.6 Å². The van der Waals surface area contributed by atoms with E-state index in [1.165, 1.54) is 23.3 Å². The number of halogens is 1. The molecule has 1 aromatic carbocycles. The fraction of sp³-hybridized carbons (Fsp3) is 0. The number of hydrogen-bond donors (Lipinski definition) is 0. The molecule has 0 heterocycles. The van der Waals surface area contributed by atoms with E-state index < -0.39 is 0 Å².